The van der Waals surface area contributed by atoms with E-state index in [0.29, 0.717) is 23.8 Å². The number of amides is 1. The molecule has 0 radical (unpaired) electrons. The van der Waals surface area contributed by atoms with E-state index in [4.69, 9.17) is 11.5 Å². The van der Waals surface area contributed by atoms with Crippen LogP contribution in [0.3, 0.4) is 0 Å². The monoisotopic (exact) mass is 246 g/mol. The highest BCUT2D eigenvalue weighted by Gasteiger charge is 2.39. The number of hydrogen-bond acceptors (Lipinski definition) is 4. The van der Waals surface area contributed by atoms with Crippen molar-refractivity contribution in [2.24, 2.45) is 11.5 Å². The Bertz CT molecular complexity index is 462. The van der Waals surface area contributed by atoms with Crippen molar-refractivity contribution in [2.45, 2.75) is 43.8 Å². The number of nitrogens with zero attached hydrogens (tertiary/aromatic N) is 2. The van der Waals surface area contributed by atoms with E-state index < -0.39 is 5.91 Å². The van der Waals surface area contributed by atoms with Gasteiger partial charge in [-0.3, -0.25) is 9.78 Å². The van der Waals surface area contributed by atoms with Gasteiger partial charge in [0.15, 0.2) is 0 Å². The molecule has 1 amide bonds. The van der Waals surface area contributed by atoms with Gasteiger partial charge in [-0.25, -0.2) is 0 Å². The van der Waals surface area contributed by atoms with Gasteiger partial charge in [0.05, 0.1) is 0 Å². The number of anilines is 1. The van der Waals surface area contributed by atoms with Crippen molar-refractivity contribution in [1.82, 2.24) is 4.98 Å². The summed E-state index contributed by atoms with van der Waals surface area (Å²) in [5.41, 5.74) is 12.7. The summed E-state index contributed by atoms with van der Waals surface area (Å²) in [6.07, 6.45) is 6.10. The maximum atomic E-state index is 11.2. The first-order chi connectivity index (χ1) is 8.65. The van der Waals surface area contributed by atoms with Crippen LogP contribution in [0.15, 0.2) is 18.3 Å². The molecule has 0 aliphatic carbocycles. The highest BCUT2D eigenvalue weighted by atomic mass is 16.1. The summed E-state index contributed by atoms with van der Waals surface area (Å²) in [6.45, 7) is 0. The number of pyridine rings is 1. The third-order valence-corrected chi connectivity index (χ3v) is 4.06. The van der Waals surface area contributed by atoms with Crippen LogP contribution in [-0.2, 0) is 0 Å². The highest BCUT2D eigenvalue weighted by molar-refractivity contribution is 5.91. The second kappa shape index (κ2) is 4.24. The molecular formula is C13H18N4O. The third-order valence-electron chi connectivity index (χ3n) is 4.06. The third kappa shape index (κ3) is 1.84. The molecule has 2 aliphatic heterocycles. The highest BCUT2D eigenvalue weighted by Crippen LogP contribution is 2.38. The Morgan fingerprint density at radius 2 is 2.00 bits per heavy atom. The van der Waals surface area contributed by atoms with E-state index in [1.165, 1.54) is 12.8 Å². The van der Waals surface area contributed by atoms with Crippen LogP contribution in [0.2, 0.25) is 0 Å². The topological polar surface area (TPSA) is 85.2 Å². The van der Waals surface area contributed by atoms with E-state index in [2.05, 4.69) is 9.88 Å². The molecule has 2 saturated heterocycles. The molecule has 96 valence electrons. The van der Waals surface area contributed by atoms with Crippen molar-refractivity contribution in [3.05, 3.63) is 24.0 Å². The molecule has 5 nitrogen and oxygen atoms in total. The van der Waals surface area contributed by atoms with Gasteiger partial charge in [0.25, 0.3) is 5.91 Å². The maximum Gasteiger partial charge on any atom is 0.267 e. The van der Waals surface area contributed by atoms with E-state index in [1.807, 2.05) is 6.07 Å². The number of nitrogens with two attached hydrogens (primary N) is 2. The molecule has 3 rings (SSSR count). The van der Waals surface area contributed by atoms with E-state index in [-0.39, 0.29) is 0 Å². The zero-order chi connectivity index (χ0) is 12.7. The first-order valence-electron chi connectivity index (χ1n) is 6.45. The number of aromatic nitrogens is 1. The molecule has 5 heteroatoms. The van der Waals surface area contributed by atoms with E-state index in [0.717, 1.165) is 18.5 Å². The second-order valence-electron chi connectivity index (χ2n) is 5.29. The Kier molecular flexibility index (Phi) is 2.70. The van der Waals surface area contributed by atoms with Gasteiger partial charge in [-0.15, -0.1) is 0 Å². The quantitative estimate of drug-likeness (QED) is 0.802. The first-order valence-corrected chi connectivity index (χ1v) is 6.45. The minimum Gasteiger partial charge on any atom is -0.365 e. The Morgan fingerprint density at radius 1 is 1.33 bits per heavy atom. The van der Waals surface area contributed by atoms with E-state index in [9.17, 15) is 4.79 Å². The Morgan fingerprint density at radius 3 is 2.61 bits per heavy atom. The lowest BCUT2D eigenvalue weighted by Crippen LogP contribution is -2.47. The standard InChI is InChI=1S/C13H18N4O/c14-8-5-9-1-2-10(6-8)17(9)11-3-4-16-12(7-11)13(15)18/h3-4,7-10H,1-2,5-6,14H2,(H2,15,18). The number of primary amides is 1. The lowest BCUT2D eigenvalue weighted by Gasteiger charge is -2.39. The van der Waals surface area contributed by atoms with Gasteiger partial charge in [-0.1, -0.05) is 0 Å². The molecular weight excluding hydrogens is 228 g/mol. The van der Waals surface area contributed by atoms with E-state index >= 15 is 0 Å². The smallest absolute Gasteiger partial charge is 0.267 e. The number of rotatable bonds is 2. The molecule has 18 heavy (non-hydrogen) atoms. The molecule has 2 atom stereocenters. The molecule has 0 aromatic carbocycles. The molecule has 2 unspecified atom stereocenters. The van der Waals surface area contributed by atoms with Gasteiger partial charge < -0.3 is 16.4 Å². The number of fused-ring (bicyclic) bond motifs is 2. The molecule has 0 saturated carbocycles. The lowest BCUT2D eigenvalue weighted by molar-refractivity contribution is 0.0995. The van der Waals surface area contributed by atoms with E-state index in [1.54, 1.807) is 12.3 Å². The number of carbonyl (C=O) groups excluding carboxylic acids is 1. The Labute approximate surface area is 106 Å². The van der Waals surface area contributed by atoms with Crippen LogP contribution >= 0.6 is 0 Å². The molecule has 0 spiro atoms. The Balaban J connectivity index is 1.91. The van der Waals surface area contributed by atoms with Crippen molar-refractivity contribution >= 4 is 11.6 Å². The van der Waals surface area contributed by atoms with Crippen molar-refractivity contribution in [2.75, 3.05) is 4.90 Å². The van der Waals surface area contributed by atoms with Gasteiger partial charge in [-0.05, 0) is 37.8 Å². The maximum absolute atomic E-state index is 11.2. The average molecular weight is 246 g/mol. The van der Waals surface area contributed by atoms with Crippen LogP contribution in [0.25, 0.3) is 0 Å². The predicted octanol–water partition coefficient (Wildman–Crippen LogP) is 0.639. The summed E-state index contributed by atoms with van der Waals surface area (Å²) in [5, 5.41) is 0. The fraction of sp³-hybridized carbons (Fsp3) is 0.538. The van der Waals surface area contributed by atoms with Crippen molar-refractivity contribution < 1.29 is 4.79 Å². The largest absolute Gasteiger partial charge is 0.365 e. The molecule has 4 N–H and O–H groups in total. The summed E-state index contributed by atoms with van der Waals surface area (Å²) in [6, 6.07) is 5.07. The van der Waals surface area contributed by atoms with Crippen molar-refractivity contribution in [3.8, 4) is 0 Å². The summed E-state index contributed by atoms with van der Waals surface area (Å²) in [5.74, 6) is -0.474. The van der Waals surface area contributed by atoms with Crippen LogP contribution in [-0.4, -0.2) is 29.0 Å². The minimum absolute atomic E-state index is 0.316. The number of carbonyl (C=O) groups is 1. The molecule has 1 aromatic rings. The van der Waals surface area contributed by atoms with Crippen molar-refractivity contribution in [1.29, 1.82) is 0 Å². The lowest BCUT2D eigenvalue weighted by atomic mass is 9.97. The fourth-order valence-electron chi connectivity index (χ4n) is 3.36. The van der Waals surface area contributed by atoms with Crippen molar-refractivity contribution in [3.63, 3.8) is 0 Å². The van der Waals surface area contributed by atoms with Crippen LogP contribution in [0, 0.1) is 0 Å². The van der Waals surface area contributed by atoms with Crippen LogP contribution in [0.4, 0.5) is 5.69 Å². The molecule has 2 aliphatic rings. The SMILES string of the molecule is NC(=O)c1cc(N2C3CCC2CC(N)C3)ccn1. The summed E-state index contributed by atoms with van der Waals surface area (Å²) in [7, 11) is 0. The molecule has 3 heterocycles. The first kappa shape index (κ1) is 11.5. The second-order valence-corrected chi connectivity index (χ2v) is 5.29. The molecule has 2 bridgehead atoms. The normalized spacial score (nSPS) is 30.5. The fourth-order valence-corrected chi connectivity index (χ4v) is 3.36. The minimum atomic E-state index is -0.474. The van der Waals surface area contributed by atoms with Gasteiger partial charge in [0, 0.05) is 30.0 Å². The van der Waals surface area contributed by atoms with Gasteiger partial charge in [0.2, 0.25) is 0 Å². The molecule has 1 aromatic heterocycles. The summed E-state index contributed by atoms with van der Waals surface area (Å²) < 4.78 is 0. The van der Waals surface area contributed by atoms with Crippen LogP contribution in [0.5, 0.6) is 0 Å². The zero-order valence-electron chi connectivity index (χ0n) is 10.2. The number of piperidine rings is 1. The van der Waals surface area contributed by atoms with Gasteiger partial charge in [-0.2, -0.15) is 0 Å². The Hall–Kier alpha value is -1.62. The van der Waals surface area contributed by atoms with Gasteiger partial charge in [0.1, 0.15) is 5.69 Å². The zero-order valence-corrected chi connectivity index (χ0v) is 10.2. The number of hydrogen-bond donors (Lipinski definition) is 2. The predicted molar refractivity (Wildman–Crippen MR) is 69.3 cm³/mol. The van der Waals surface area contributed by atoms with Crippen LogP contribution in [0.1, 0.15) is 36.2 Å². The summed E-state index contributed by atoms with van der Waals surface area (Å²) >= 11 is 0. The molecule has 2 fully saturated rings. The average Bonchev–Trinajstić information content (AvgIpc) is 2.62. The van der Waals surface area contributed by atoms with Crippen LogP contribution < -0.4 is 16.4 Å². The summed E-state index contributed by atoms with van der Waals surface area (Å²) in [4.78, 5) is 17.6. The van der Waals surface area contributed by atoms with Gasteiger partial charge >= 0.3 is 0 Å².